The molecule has 2 N–H and O–H groups in total. The lowest BCUT2D eigenvalue weighted by Gasteiger charge is -2.25. The molecular weight excluding hydrogens is 580 g/mol. The summed E-state index contributed by atoms with van der Waals surface area (Å²) in [6, 6.07) is 0. The molecule has 0 bridgehead atoms. The summed E-state index contributed by atoms with van der Waals surface area (Å²) in [6.45, 7) is 9.26. The van der Waals surface area contributed by atoms with E-state index < -0.39 is 17.4 Å². The van der Waals surface area contributed by atoms with E-state index in [1.807, 2.05) is 0 Å². The van der Waals surface area contributed by atoms with Gasteiger partial charge >= 0.3 is 11.9 Å². The van der Waals surface area contributed by atoms with Gasteiger partial charge in [-0.2, -0.15) is 0 Å². The smallest absolute Gasteiger partial charge is 0.321 e. The fourth-order valence-electron chi connectivity index (χ4n) is 7.20. The molecule has 0 radical (unpaired) electrons. The predicted octanol–water partition coefficient (Wildman–Crippen LogP) is 14.7. The molecule has 0 unspecified atom stereocenters. The first-order chi connectivity index (χ1) is 22.7. The summed E-state index contributed by atoms with van der Waals surface area (Å²) in [4.78, 5) is 24.2. The molecule has 4 nitrogen and oxygen atoms in total. The van der Waals surface area contributed by atoms with Gasteiger partial charge in [-0.05, 0) is 24.7 Å². The second kappa shape index (κ2) is 33.4. The molecule has 0 spiro atoms. The van der Waals surface area contributed by atoms with Crippen LogP contribution in [0.5, 0.6) is 0 Å². The van der Waals surface area contributed by atoms with Crippen molar-refractivity contribution >= 4 is 11.9 Å². The van der Waals surface area contributed by atoms with Crippen molar-refractivity contribution < 1.29 is 19.8 Å². The van der Waals surface area contributed by atoms with Crippen molar-refractivity contribution in [2.24, 2.45) is 17.3 Å². The number of carbonyl (C=O) groups is 2. The Kier molecular flexibility index (Phi) is 32.7. The van der Waals surface area contributed by atoms with Crippen LogP contribution < -0.4 is 0 Å². The molecule has 0 aromatic rings. The predicted molar refractivity (Wildman–Crippen MR) is 204 cm³/mol. The van der Waals surface area contributed by atoms with E-state index in [0.29, 0.717) is 12.8 Å². The Labute approximate surface area is 294 Å². The van der Waals surface area contributed by atoms with Gasteiger partial charge in [0.2, 0.25) is 0 Å². The van der Waals surface area contributed by atoms with Gasteiger partial charge in [-0.1, -0.05) is 233 Å². The highest BCUT2D eigenvalue weighted by molar-refractivity contribution is 5.98. The van der Waals surface area contributed by atoms with Crippen LogP contribution in [0.25, 0.3) is 0 Å². The van der Waals surface area contributed by atoms with Crippen molar-refractivity contribution in [3.63, 3.8) is 0 Å². The molecule has 0 rings (SSSR count). The second-order valence-electron chi connectivity index (χ2n) is 16.2. The molecule has 0 saturated heterocycles. The third-order valence-electron chi connectivity index (χ3n) is 10.6. The molecular formula is C43H84O4. The van der Waals surface area contributed by atoms with Gasteiger partial charge in [0.05, 0.1) is 0 Å². The van der Waals surface area contributed by atoms with Gasteiger partial charge in [-0.15, -0.1) is 0 Å². The highest BCUT2D eigenvalue weighted by Crippen LogP contribution is 2.33. The van der Waals surface area contributed by atoms with Crippen LogP contribution in [0.2, 0.25) is 0 Å². The molecule has 0 aromatic carbocycles. The molecule has 47 heavy (non-hydrogen) atoms. The number of hydrogen-bond donors (Lipinski definition) is 2. The molecule has 0 aliphatic carbocycles. The largest absolute Gasteiger partial charge is 0.480 e. The van der Waals surface area contributed by atoms with Crippen LogP contribution in [0.4, 0.5) is 0 Å². The minimum atomic E-state index is -1.60. The van der Waals surface area contributed by atoms with E-state index in [-0.39, 0.29) is 12.8 Å². The van der Waals surface area contributed by atoms with Gasteiger partial charge in [-0.25, -0.2) is 0 Å². The lowest BCUT2D eigenvalue weighted by atomic mass is 9.78. The molecule has 0 amide bonds. The zero-order valence-corrected chi connectivity index (χ0v) is 32.4. The van der Waals surface area contributed by atoms with Crippen LogP contribution in [0.1, 0.15) is 246 Å². The van der Waals surface area contributed by atoms with Crippen molar-refractivity contribution in [3.05, 3.63) is 0 Å². The molecule has 4 heteroatoms. The third kappa shape index (κ3) is 29.6. The normalized spacial score (nSPS) is 12.0. The van der Waals surface area contributed by atoms with Crippen LogP contribution in [0.15, 0.2) is 0 Å². The van der Waals surface area contributed by atoms with Gasteiger partial charge in [0.15, 0.2) is 5.41 Å². The standard InChI is InChI=1S/C43H84O4/c1-39(2)35-31-27-23-19-15-11-7-5-9-13-17-21-25-29-33-37-43(41(44)45,42(46)47)38-34-30-26-22-18-14-10-6-8-12-16-20-24-28-32-36-40(3)4/h39-40H,5-38H2,1-4H3,(H,44,45)(H,46,47). The molecule has 0 aromatic heterocycles. The van der Waals surface area contributed by atoms with Gasteiger partial charge in [-0.3, -0.25) is 9.59 Å². The Balaban J connectivity index is 3.73. The molecule has 0 heterocycles. The molecule has 280 valence electrons. The van der Waals surface area contributed by atoms with Crippen molar-refractivity contribution in [2.45, 2.75) is 246 Å². The summed E-state index contributed by atoms with van der Waals surface area (Å²) in [5.74, 6) is -0.577. The maximum absolute atomic E-state index is 12.1. The number of rotatable bonds is 38. The van der Waals surface area contributed by atoms with Crippen LogP contribution in [-0.2, 0) is 9.59 Å². The summed E-state index contributed by atoms with van der Waals surface area (Å²) >= 11 is 0. The van der Waals surface area contributed by atoms with Gasteiger partial charge < -0.3 is 10.2 Å². The van der Waals surface area contributed by atoms with E-state index in [4.69, 9.17) is 0 Å². The summed E-state index contributed by atoms with van der Waals surface area (Å²) in [5.41, 5.74) is -1.60. The minimum absolute atomic E-state index is 0.271. The number of hydrogen-bond acceptors (Lipinski definition) is 2. The molecule has 0 atom stereocenters. The zero-order valence-electron chi connectivity index (χ0n) is 32.4. The van der Waals surface area contributed by atoms with Crippen LogP contribution in [-0.4, -0.2) is 22.2 Å². The van der Waals surface area contributed by atoms with Crippen molar-refractivity contribution in [1.29, 1.82) is 0 Å². The Morgan fingerprint density at radius 1 is 0.340 bits per heavy atom. The number of unbranched alkanes of at least 4 members (excludes halogenated alkanes) is 28. The van der Waals surface area contributed by atoms with Crippen molar-refractivity contribution in [3.8, 4) is 0 Å². The Bertz CT molecular complexity index is 627. The van der Waals surface area contributed by atoms with E-state index >= 15 is 0 Å². The first kappa shape index (κ1) is 45.9. The summed E-state index contributed by atoms with van der Waals surface area (Å²) in [5, 5.41) is 19.8. The maximum atomic E-state index is 12.1. The molecule has 0 fully saturated rings. The Morgan fingerprint density at radius 3 is 0.681 bits per heavy atom. The topological polar surface area (TPSA) is 74.6 Å². The van der Waals surface area contributed by atoms with Crippen LogP contribution >= 0.6 is 0 Å². The van der Waals surface area contributed by atoms with Crippen molar-refractivity contribution in [1.82, 2.24) is 0 Å². The Morgan fingerprint density at radius 2 is 0.511 bits per heavy atom. The van der Waals surface area contributed by atoms with E-state index in [1.54, 1.807) is 0 Å². The third-order valence-corrected chi connectivity index (χ3v) is 10.6. The summed E-state index contributed by atoms with van der Waals surface area (Å²) < 4.78 is 0. The summed E-state index contributed by atoms with van der Waals surface area (Å²) in [6.07, 6.45) is 41.1. The average Bonchev–Trinajstić information content (AvgIpc) is 3.02. The molecule has 0 saturated carbocycles. The van der Waals surface area contributed by atoms with Gasteiger partial charge in [0, 0.05) is 0 Å². The highest BCUT2D eigenvalue weighted by atomic mass is 16.4. The summed E-state index contributed by atoms with van der Waals surface area (Å²) in [7, 11) is 0. The van der Waals surface area contributed by atoms with E-state index in [9.17, 15) is 19.8 Å². The fraction of sp³-hybridized carbons (Fsp3) is 0.953. The van der Waals surface area contributed by atoms with E-state index in [2.05, 4.69) is 27.7 Å². The van der Waals surface area contributed by atoms with Crippen molar-refractivity contribution in [2.75, 3.05) is 0 Å². The number of carboxylic acid groups (broad SMARTS) is 2. The van der Waals surface area contributed by atoms with Crippen LogP contribution in [0, 0.1) is 17.3 Å². The zero-order chi connectivity index (χ0) is 34.9. The van der Waals surface area contributed by atoms with Gasteiger partial charge in [0.25, 0.3) is 0 Å². The van der Waals surface area contributed by atoms with E-state index in [1.165, 1.54) is 167 Å². The monoisotopic (exact) mass is 665 g/mol. The minimum Gasteiger partial charge on any atom is -0.480 e. The lowest BCUT2D eigenvalue weighted by molar-refractivity contribution is -0.166. The lowest BCUT2D eigenvalue weighted by Crippen LogP contribution is -2.39. The number of carboxylic acids is 2. The Hall–Kier alpha value is -1.06. The first-order valence-electron chi connectivity index (χ1n) is 21.2. The highest BCUT2D eigenvalue weighted by Gasteiger charge is 2.45. The van der Waals surface area contributed by atoms with Crippen LogP contribution in [0.3, 0.4) is 0 Å². The molecule has 0 aliphatic heterocycles. The maximum Gasteiger partial charge on any atom is 0.321 e. The second-order valence-corrected chi connectivity index (χ2v) is 16.2. The first-order valence-corrected chi connectivity index (χ1v) is 21.2. The quantitative estimate of drug-likeness (QED) is 0.0509. The average molecular weight is 665 g/mol. The van der Waals surface area contributed by atoms with E-state index in [0.717, 1.165) is 37.5 Å². The molecule has 0 aliphatic rings. The van der Waals surface area contributed by atoms with Gasteiger partial charge in [0.1, 0.15) is 0 Å². The fourth-order valence-corrected chi connectivity index (χ4v) is 7.20. The SMILES string of the molecule is CC(C)CCCCCCCCCCCCCCCCCC(CCCCCCCCCCCCCCCCCC(C)C)(C(=O)O)C(=O)O. The number of aliphatic carboxylic acids is 2.